The van der Waals surface area contributed by atoms with Gasteiger partial charge in [-0.2, -0.15) is 0 Å². The Kier molecular flexibility index (Phi) is 3.06. The largest absolute Gasteiger partial charge is 0.354 e. The average molecular weight is 411 g/mol. The van der Waals surface area contributed by atoms with E-state index in [1.54, 1.807) is 0 Å². The molecule has 0 fully saturated rings. The Bertz CT molecular complexity index is 1470. The molecule has 0 unspecified atom stereocenters. The van der Waals surface area contributed by atoms with Crippen LogP contribution < -0.4 is 0 Å². The molecule has 0 aliphatic rings. The molecular weight excluding hydrogens is 396 g/mol. The van der Waals surface area contributed by atoms with Gasteiger partial charge in [0.15, 0.2) is 0 Å². The fourth-order valence-electron chi connectivity index (χ4n) is 4.21. The maximum atomic E-state index is 3.68. The number of rotatable bonds is 1. The molecule has 0 saturated carbocycles. The van der Waals surface area contributed by atoms with Gasteiger partial charge in [0.2, 0.25) is 0 Å². The van der Waals surface area contributed by atoms with E-state index < -0.39 is 0 Å². The highest BCUT2D eigenvalue weighted by molar-refractivity contribution is 9.10. The molecule has 0 radical (unpaired) electrons. The normalized spacial score (nSPS) is 11.9. The number of H-pyrrole nitrogens is 1. The van der Waals surface area contributed by atoms with E-state index in [0.29, 0.717) is 0 Å². The number of aromatic amines is 1. The minimum atomic E-state index is 1.09. The molecule has 0 amide bonds. The van der Waals surface area contributed by atoms with Crippen molar-refractivity contribution in [2.24, 2.45) is 0 Å². The smallest absolute Gasteiger partial charge is 0.0609 e. The highest BCUT2D eigenvalue weighted by Crippen LogP contribution is 2.37. The molecular formula is C24H15BrN2. The Morgan fingerprint density at radius 3 is 2.30 bits per heavy atom. The summed E-state index contributed by atoms with van der Waals surface area (Å²) in [5.74, 6) is 0. The number of hydrogen-bond donors (Lipinski definition) is 1. The van der Waals surface area contributed by atoms with Crippen molar-refractivity contribution in [2.45, 2.75) is 0 Å². The molecule has 128 valence electrons. The zero-order valence-electron chi connectivity index (χ0n) is 14.4. The molecule has 3 heteroatoms. The minimum Gasteiger partial charge on any atom is -0.354 e. The van der Waals surface area contributed by atoms with Gasteiger partial charge in [-0.1, -0.05) is 48.5 Å². The Morgan fingerprint density at radius 2 is 1.41 bits per heavy atom. The Balaban J connectivity index is 1.85. The van der Waals surface area contributed by atoms with Crippen LogP contribution in [0.4, 0.5) is 0 Å². The lowest BCUT2D eigenvalue weighted by Gasteiger charge is -2.07. The van der Waals surface area contributed by atoms with Crippen molar-refractivity contribution in [2.75, 3.05) is 0 Å². The van der Waals surface area contributed by atoms with Gasteiger partial charge in [-0.05, 0) is 52.3 Å². The standard InChI is InChI=1S/C24H15BrN2/c25-20-11-6-10-17-18-14-23-19(13-21(18)26-24(17)20)16-9-4-5-12-22(16)27(23)15-7-2-1-3-8-15/h1-14,26H. The topological polar surface area (TPSA) is 20.7 Å². The molecule has 2 aromatic heterocycles. The third-order valence-electron chi connectivity index (χ3n) is 5.39. The summed E-state index contributed by atoms with van der Waals surface area (Å²) >= 11 is 3.68. The van der Waals surface area contributed by atoms with E-state index in [1.165, 1.54) is 43.8 Å². The number of para-hydroxylation sites is 3. The van der Waals surface area contributed by atoms with Crippen LogP contribution in [0.1, 0.15) is 0 Å². The van der Waals surface area contributed by atoms with E-state index in [1.807, 2.05) is 0 Å². The van der Waals surface area contributed by atoms with Gasteiger partial charge in [0, 0.05) is 37.2 Å². The molecule has 27 heavy (non-hydrogen) atoms. The van der Waals surface area contributed by atoms with Crippen LogP contribution in [-0.4, -0.2) is 9.55 Å². The summed E-state index contributed by atoms with van der Waals surface area (Å²) in [5.41, 5.74) is 5.97. The van der Waals surface area contributed by atoms with Crippen LogP contribution in [0.5, 0.6) is 0 Å². The van der Waals surface area contributed by atoms with Crippen LogP contribution in [0.25, 0.3) is 49.3 Å². The van der Waals surface area contributed by atoms with Crippen LogP contribution >= 0.6 is 15.9 Å². The molecule has 2 heterocycles. The summed E-state index contributed by atoms with van der Waals surface area (Å²) in [6, 6.07) is 30.2. The molecule has 1 N–H and O–H groups in total. The lowest BCUT2D eigenvalue weighted by atomic mass is 10.1. The second-order valence-electron chi connectivity index (χ2n) is 6.89. The molecule has 0 bridgehead atoms. The minimum absolute atomic E-state index is 1.09. The number of nitrogens with one attached hydrogen (secondary N) is 1. The van der Waals surface area contributed by atoms with Crippen molar-refractivity contribution in [3.05, 3.63) is 89.4 Å². The second kappa shape index (κ2) is 5.48. The van der Waals surface area contributed by atoms with Crippen molar-refractivity contribution in [3.8, 4) is 5.69 Å². The first-order valence-corrected chi connectivity index (χ1v) is 9.79. The van der Waals surface area contributed by atoms with E-state index in [-0.39, 0.29) is 0 Å². The summed E-state index contributed by atoms with van der Waals surface area (Å²) in [5, 5.41) is 5.03. The van der Waals surface area contributed by atoms with Gasteiger partial charge in [-0.25, -0.2) is 0 Å². The van der Waals surface area contributed by atoms with Gasteiger partial charge in [-0.3, -0.25) is 0 Å². The van der Waals surface area contributed by atoms with Gasteiger partial charge in [0.05, 0.1) is 16.6 Å². The SMILES string of the molecule is Brc1cccc2c1[nH]c1cc3c4ccccc4n(-c4ccccc4)c3cc12. The summed E-state index contributed by atoms with van der Waals surface area (Å²) in [6.07, 6.45) is 0. The number of halogens is 1. The van der Waals surface area contributed by atoms with Crippen molar-refractivity contribution < 1.29 is 0 Å². The summed E-state index contributed by atoms with van der Waals surface area (Å²) in [6.45, 7) is 0. The van der Waals surface area contributed by atoms with Crippen molar-refractivity contribution in [3.63, 3.8) is 0 Å². The molecule has 0 atom stereocenters. The zero-order chi connectivity index (χ0) is 18.0. The second-order valence-corrected chi connectivity index (χ2v) is 7.74. The molecule has 4 aromatic carbocycles. The number of aromatic nitrogens is 2. The molecule has 2 nitrogen and oxygen atoms in total. The van der Waals surface area contributed by atoms with Crippen molar-refractivity contribution in [1.82, 2.24) is 9.55 Å². The highest BCUT2D eigenvalue weighted by Gasteiger charge is 2.15. The lowest BCUT2D eigenvalue weighted by molar-refractivity contribution is 1.18. The fraction of sp³-hybridized carbons (Fsp3) is 0. The van der Waals surface area contributed by atoms with Gasteiger partial charge < -0.3 is 9.55 Å². The van der Waals surface area contributed by atoms with Gasteiger partial charge in [0.25, 0.3) is 0 Å². The zero-order valence-corrected chi connectivity index (χ0v) is 16.0. The number of benzene rings is 4. The predicted molar refractivity (Wildman–Crippen MR) is 118 cm³/mol. The lowest BCUT2D eigenvalue weighted by Crippen LogP contribution is -1.92. The first-order valence-electron chi connectivity index (χ1n) is 9.00. The first-order chi connectivity index (χ1) is 13.3. The average Bonchev–Trinajstić information content (AvgIpc) is 3.23. The number of hydrogen-bond acceptors (Lipinski definition) is 0. The number of nitrogens with zero attached hydrogens (tertiary/aromatic N) is 1. The Morgan fingerprint density at radius 1 is 0.630 bits per heavy atom. The summed E-state index contributed by atoms with van der Waals surface area (Å²) in [4.78, 5) is 3.60. The predicted octanol–water partition coefficient (Wildman–Crippen LogP) is 7.18. The van der Waals surface area contributed by atoms with Crippen LogP contribution in [0, 0.1) is 0 Å². The highest BCUT2D eigenvalue weighted by atomic mass is 79.9. The van der Waals surface area contributed by atoms with E-state index >= 15 is 0 Å². The van der Waals surface area contributed by atoms with E-state index in [4.69, 9.17) is 0 Å². The number of fused-ring (bicyclic) bond motifs is 6. The van der Waals surface area contributed by atoms with Gasteiger partial charge >= 0.3 is 0 Å². The van der Waals surface area contributed by atoms with Crippen LogP contribution in [0.15, 0.2) is 89.4 Å². The Hall–Kier alpha value is -3.04. The third-order valence-corrected chi connectivity index (χ3v) is 6.05. The fourth-order valence-corrected chi connectivity index (χ4v) is 4.67. The molecule has 6 aromatic rings. The van der Waals surface area contributed by atoms with Gasteiger partial charge in [0.1, 0.15) is 0 Å². The molecule has 6 rings (SSSR count). The summed E-state index contributed by atoms with van der Waals surface area (Å²) < 4.78 is 3.46. The quantitative estimate of drug-likeness (QED) is 0.296. The van der Waals surface area contributed by atoms with Gasteiger partial charge in [-0.15, -0.1) is 0 Å². The van der Waals surface area contributed by atoms with Crippen LogP contribution in [0.2, 0.25) is 0 Å². The van der Waals surface area contributed by atoms with Crippen LogP contribution in [0.3, 0.4) is 0 Å². The maximum Gasteiger partial charge on any atom is 0.0609 e. The van der Waals surface area contributed by atoms with Crippen molar-refractivity contribution >= 4 is 59.5 Å². The molecule has 0 spiro atoms. The third kappa shape index (κ3) is 2.06. The molecule has 0 aliphatic heterocycles. The van der Waals surface area contributed by atoms with E-state index in [2.05, 4.69) is 110 Å². The summed E-state index contributed by atoms with van der Waals surface area (Å²) in [7, 11) is 0. The Labute approximate surface area is 164 Å². The molecule has 0 aliphatic carbocycles. The first kappa shape index (κ1) is 15.1. The van der Waals surface area contributed by atoms with Crippen LogP contribution in [-0.2, 0) is 0 Å². The van der Waals surface area contributed by atoms with E-state index in [9.17, 15) is 0 Å². The monoisotopic (exact) mass is 410 g/mol. The van der Waals surface area contributed by atoms with E-state index in [0.717, 1.165) is 9.99 Å². The molecule has 0 saturated heterocycles. The van der Waals surface area contributed by atoms with Crippen molar-refractivity contribution in [1.29, 1.82) is 0 Å². The maximum absolute atomic E-state index is 3.68.